The summed E-state index contributed by atoms with van der Waals surface area (Å²) in [6.07, 6.45) is 2.50. The number of thioether (sulfide) groups is 1. The van der Waals surface area contributed by atoms with E-state index in [4.69, 9.17) is 10.8 Å². The normalized spacial score (nSPS) is 17.9. The Morgan fingerprint density at radius 3 is 3.05 bits per heavy atom. The van der Waals surface area contributed by atoms with Crippen molar-refractivity contribution >= 4 is 50.0 Å². The average molecular weight is 319 g/mol. The third-order valence-electron chi connectivity index (χ3n) is 3.16. The molecule has 21 heavy (non-hydrogen) atoms. The Morgan fingerprint density at radius 1 is 1.57 bits per heavy atom. The largest absolute Gasteiger partial charge is 0.480 e. The highest BCUT2D eigenvalue weighted by molar-refractivity contribution is 8.15. The summed E-state index contributed by atoms with van der Waals surface area (Å²) in [6.45, 7) is 3.75. The van der Waals surface area contributed by atoms with Gasteiger partial charge in [0.1, 0.15) is 10.1 Å². The van der Waals surface area contributed by atoms with Gasteiger partial charge < -0.3 is 10.8 Å². The van der Waals surface area contributed by atoms with Crippen molar-refractivity contribution in [1.82, 2.24) is 4.98 Å². The second kappa shape index (κ2) is 5.50. The first-order valence-corrected chi connectivity index (χ1v) is 8.13. The molecule has 0 saturated carbocycles. The average Bonchev–Trinajstić information content (AvgIpc) is 3.07. The summed E-state index contributed by atoms with van der Waals surface area (Å²) in [4.78, 5) is 19.8. The molecule has 0 saturated heterocycles. The smallest absolute Gasteiger partial charge is 0.329 e. The van der Waals surface area contributed by atoms with E-state index in [0.717, 1.165) is 26.5 Å². The van der Waals surface area contributed by atoms with Crippen LogP contribution in [-0.4, -0.2) is 32.9 Å². The molecule has 1 aliphatic heterocycles. The van der Waals surface area contributed by atoms with Crippen LogP contribution >= 0.6 is 23.1 Å². The lowest BCUT2D eigenvalue weighted by molar-refractivity contribution is -0.137. The number of anilines is 1. The number of aliphatic carboxylic acids is 1. The van der Waals surface area contributed by atoms with Gasteiger partial charge in [0.2, 0.25) is 0 Å². The van der Waals surface area contributed by atoms with E-state index in [0.29, 0.717) is 17.2 Å². The Hall–Kier alpha value is -1.86. The molecule has 2 heterocycles. The maximum absolute atomic E-state index is 11.0. The summed E-state index contributed by atoms with van der Waals surface area (Å²) in [7, 11) is 0. The summed E-state index contributed by atoms with van der Waals surface area (Å²) in [5.74, 6) is -0.433. The van der Waals surface area contributed by atoms with E-state index < -0.39 is 12.0 Å². The topological polar surface area (TPSA) is 88.6 Å². The van der Waals surface area contributed by atoms with Crippen LogP contribution in [0.1, 0.15) is 10.6 Å². The Labute approximate surface area is 129 Å². The minimum atomic E-state index is -0.893. The number of carboxylic acids is 1. The van der Waals surface area contributed by atoms with E-state index in [-0.39, 0.29) is 0 Å². The van der Waals surface area contributed by atoms with Crippen LogP contribution in [0.3, 0.4) is 0 Å². The lowest BCUT2D eigenvalue weighted by Gasteiger charge is -2.02. The number of thiazole rings is 1. The molecule has 0 aliphatic carbocycles. The van der Waals surface area contributed by atoms with Crippen molar-refractivity contribution in [3.8, 4) is 0 Å². The van der Waals surface area contributed by atoms with E-state index in [1.807, 2.05) is 18.2 Å². The van der Waals surface area contributed by atoms with Gasteiger partial charge >= 0.3 is 5.97 Å². The highest BCUT2D eigenvalue weighted by atomic mass is 32.2. The fourth-order valence-corrected chi connectivity index (χ4v) is 4.35. The fourth-order valence-electron chi connectivity index (χ4n) is 2.13. The Bertz CT molecular complexity index is 767. The number of nitrogen functional groups attached to an aromatic ring is 1. The highest BCUT2D eigenvalue weighted by Crippen LogP contribution is 2.34. The number of aromatic nitrogens is 1. The quantitative estimate of drug-likeness (QED) is 0.668. The third kappa shape index (κ3) is 2.54. The van der Waals surface area contributed by atoms with Gasteiger partial charge in [-0.25, -0.2) is 9.78 Å². The van der Waals surface area contributed by atoms with E-state index >= 15 is 0 Å². The molecule has 1 aliphatic rings. The number of fused-ring (bicyclic) bond motifs is 1. The third-order valence-corrected chi connectivity index (χ3v) is 5.49. The Kier molecular flexibility index (Phi) is 3.69. The molecule has 0 bridgehead atoms. The molecule has 1 aromatic heterocycles. The van der Waals surface area contributed by atoms with Crippen LogP contribution < -0.4 is 5.73 Å². The SMILES string of the molecule is C=CCc1c(N)ccc2nc(C3=N[C@@H](C(=O)O)CS3)sc12. The second-order valence-electron chi connectivity index (χ2n) is 4.59. The van der Waals surface area contributed by atoms with Gasteiger partial charge in [-0.3, -0.25) is 4.99 Å². The lowest BCUT2D eigenvalue weighted by Crippen LogP contribution is -2.17. The Balaban J connectivity index is 2.06. The van der Waals surface area contributed by atoms with Gasteiger partial charge in [-0.1, -0.05) is 6.08 Å². The summed E-state index contributed by atoms with van der Waals surface area (Å²) in [5, 5.41) is 10.5. The van der Waals surface area contributed by atoms with Crippen LogP contribution in [0.25, 0.3) is 10.2 Å². The molecule has 0 unspecified atom stereocenters. The van der Waals surface area contributed by atoms with Crippen LogP contribution in [0.15, 0.2) is 29.8 Å². The monoisotopic (exact) mass is 319 g/mol. The van der Waals surface area contributed by atoms with Crippen LogP contribution in [-0.2, 0) is 11.2 Å². The van der Waals surface area contributed by atoms with E-state index in [1.165, 1.54) is 23.1 Å². The highest BCUT2D eigenvalue weighted by Gasteiger charge is 2.27. The van der Waals surface area contributed by atoms with Crippen LogP contribution in [0.2, 0.25) is 0 Å². The molecule has 0 spiro atoms. The fraction of sp³-hybridized carbons (Fsp3) is 0.214. The number of aliphatic imine (C=N–C) groups is 1. The number of carboxylic acid groups (broad SMARTS) is 1. The molecule has 2 aromatic rings. The minimum absolute atomic E-state index is 0.461. The first-order valence-electron chi connectivity index (χ1n) is 6.32. The van der Waals surface area contributed by atoms with Gasteiger partial charge in [-0.2, -0.15) is 0 Å². The molecule has 0 fully saturated rings. The minimum Gasteiger partial charge on any atom is -0.480 e. The summed E-state index contributed by atoms with van der Waals surface area (Å²) in [6, 6.07) is 3.05. The van der Waals surface area contributed by atoms with Crippen molar-refractivity contribution in [2.24, 2.45) is 4.99 Å². The van der Waals surface area contributed by atoms with Gasteiger partial charge in [-0.05, 0) is 24.1 Å². The zero-order valence-electron chi connectivity index (χ0n) is 11.1. The maximum Gasteiger partial charge on any atom is 0.329 e. The molecule has 5 nitrogen and oxygen atoms in total. The first kappa shape index (κ1) is 14.1. The molecule has 3 rings (SSSR count). The number of hydrogen-bond acceptors (Lipinski definition) is 6. The van der Waals surface area contributed by atoms with Crippen LogP contribution in [0.5, 0.6) is 0 Å². The summed E-state index contributed by atoms with van der Waals surface area (Å²) < 4.78 is 1.02. The van der Waals surface area contributed by atoms with E-state index in [1.54, 1.807) is 0 Å². The van der Waals surface area contributed by atoms with Gasteiger partial charge in [-0.15, -0.1) is 29.7 Å². The molecule has 1 atom stereocenters. The lowest BCUT2D eigenvalue weighted by atomic mass is 10.1. The Morgan fingerprint density at radius 2 is 2.38 bits per heavy atom. The molecular weight excluding hydrogens is 306 g/mol. The zero-order chi connectivity index (χ0) is 15.0. The van der Waals surface area contributed by atoms with E-state index in [2.05, 4.69) is 16.6 Å². The van der Waals surface area contributed by atoms with Gasteiger partial charge in [0.25, 0.3) is 0 Å². The van der Waals surface area contributed by atoms with Crippen molar-refractivity contribution in [1.29, 1.82) is 0 Å². The number of rotatable bonds is 4. The molecule has 0 amide bonds. The number of hydrogen-bond donors (Lipinski definition) is 2. The van der Waals surface area contributed by atoms with Crippen LogP contribution in [0, 0.1) is 0 Å². The number of allylic oxidation sites excluding steroid dienone is 1. The van der Waals surface area contributed by atoms with Crippen molar-refractivity contribution in [2.75, 3.05) is 11.5 Å². The molecule has 1 aromatic carbocycles. The molecule has 108 valence electrons. The van der Waals surface area contributed by atoms with Crippen molar-refractivity contribution in [3.63, 3.8) is 0 Å². The van der Waals surface area contributed by atoms with Gasteiger partial charge in [0.05, 0.1) is 10.2 Å². The first-order chi connectivity index (χ1) is 10.1. The molecule has 3 N–H and O–H groups in total. The van der Waals surface area contributed by atoms with Crippen molar-refractivity contribution < 1.29 is 9.90 Å². The van der Waals surface area contributed by atoms with Gasteiger partial charge in [0.15, 0.2) is 6.04 Å². The van der Waals surface area contributed by atoms with Crippen molar-refractivity contribution in [3.05, 3.63) is 35.4 Å². The summed E-state index contributed by atoms with van der Waals surface area (Å²) >= 11 is 2.94. The zero-order valence-corrected chi connectivity index (χ0v) is 12.7. The molecule has 7 heteroatoms. The number of benzene rings is 1. The second-order valence-corrected chi connectivity index (χ2v) is 6.60. The predicted octanol–water partition coefficient (Wildman–Crippen LogP) is 2.55. The molecule has 0 radical (unpaired) electrons. The summed E-state index contributed by atoms with van der Waals surface area (Å²) in [5.41, 5.74) is 8.62. The number of carbonyl (C=O) groups is 1. The van der Waals surface area contributed by atoms with Crippen molar-refractivity contribution in [2.45, 2.75) is 12.5 Å². The van der Waals surface area contributed by atoms with Crippen LogP contribution in [0.4, 0.5) is 5.69 Å². The predicted molar refractivity (Wildman–Crippen MR) is 88.4 cm³/mol. The van der Waals surface area contributed by atoms with E-state index in [9.17, 15) is 4.79 Å². The number of nitrogens with zero attached hydrogens (tertiary/aromatic N) is 2. The maximum atomic E-state index is 11.0. The standard InChI is InChI=1S/C14H13N3O2S2/c1-2-3-7-8(15)4-5-9-11(7)21-13(16-9)12-17-10(6-20-12)14(18)19/h2,4-5,10H,1,3,6,15H2,(H,18,19)/t10-/m1/s1. The molecular formula is C14H13N3O2S2. The van der Waals surface area contributed by atoms with Gasteiger partial charge in [0, 0.05) is 11.4 Å². The number of nitrogens with two attached hydrogens (primary N) is 1.